The van der Waals surface area contributed by atoms with Crippen molar-refractivity contribution in [3.63, 3.8) is 0 Å². The molecule has 0 bridgehead atoms. The van der Waals surface area contributed by atoms with Crippen LogP contribution in [-0.2, 0) is 14.6 Å². The van der Waals surface area contributed by atoms with Gasteiger partial charge in [0.1, 0.15) is 5.76 Å². The highest BCUT2D eigenvalue weighted by Gasteiger charge is 2.26. The van der Waals surface area contributed by atoms with Crippen LogP contribution in [0.25, 0.3) is 0 Å². The summed E-state index contributed by atoms with van der Waals surface area (Å²) in [5.74, 6) is 0.364. The lowest BCUT2D eigenvalue weighted by Gasteiger charge is -2.26. The molecule has 0 saturated carbocycles. The summed E-state index contributed by atoms with van der Waals surface area (Å²) in [6.45, 7) is 4.27. The van der Waals surface area contributed by atoms with Gasteiger partial charge in [-0.2, -0.15) is 0 Å². The van der Waals surface area contributed by atoms with Gasteiger partial charge in [0.05, 0.1) is 23.0 Å². The number of hydrogen-bond acceptors (Lipinski definition) is 5. The Balaban J connectivity index is 1.54. The minimum absolute atomic E-state index is 0.0137. The van der Waals surface area contributed by atoms with Crippen molar-refractivity contribution in [1.82, 2.24) is 10.2 Å². The number of likely N-dealkylation sites (tertiary alicyclic amines) is 1. The third-order valence-corrected chi connectivity index (χ3v) is 6.66. The summed E-state index contributed by atoms with van der Waals surface area (Å²) in [5.41, 5.74) is 0.998. The first-order chi connectivity index (χ1) is 13.0. The minimum Gasteiger partial charge on any atom is -0.468 e. The maximum atomic E-state index is 12.4. The Morgan fingerprint density at radius 2 is 1.89 bits per heavy atom. The summed E-state index contributed by atoms with van der Waals surface area (Å²) in [5, 5.41) is 2.88. The van der Waals surface area contributed by atoms with E-state index in [1.54, 1.807) is 30.5 Å². The number of amides is 1. The van der Waals surface area contributed by atoms with Crippen molar-refractivity contribution in [2.24, 2.45) is 0 Å². The molecule has 7 heteroatoms. The van der Waals surface area contributed by atoms with Gasteiger partial charge < -0.3 is 9.73 Å². The molecule has 27 heavy (non-hydrogen) atoms. The highest BCUT2D eigenvalue weighted by molar-refractivity contribution is 7.91. The van der Waals surface area contributed by atoms with E-state index in [1.165, 1.54) is 0 Å². The SMILES string of the molecule is Cc1ccc(S(=O)(=O)CCC(=O)NC[C@H](c2ccco2)N2CCCC2)cc1. The first-order valence-corrected chi connectivity index (χ1v) is 10.9. The molecule has 1 aliphatic heterocycles. The third-order valence-electron chi connectivity index (χ3n) is 4.92. The number of nitrogens with zero attached hydrogens (tertiary/aromatic N) is 1. The van der Waals surface area contributed by atoms with Gasteiger partial charge in [-0.15, -0.1) is 0 Å². The zero-order valence-corrected chi connectivity index (χ0v) is 16.4. The van der Waals surface area contributed by atoms with Crippen LogP contribution in [0, 0.1) is 6.92 Å². The molecule has 3 rings (SSSR count). The Kier molecular flexibility index (Phi) is 6.34. The van der Waals surface area contributed by atoms with Crippen LogP contribution < -0.4 is 5.32 Å². The molecule has 6 nitrogen and oxygen atoms in total. The highest BCUT2D eigenvalue weighted by Crippen LogP contribution is 2.25. The lowest BCUT2D eigenvalue weighted by atomic mass is 10.2. The molecule has 0 aliphatic carbocycles. The predicted octanol–water partition coefficient (Wildman–Crippen LogP) is 2.71. The van der Waals surface area contributed by atoms with E-state index >= 15 is 0 Å². The molecule has 1 aromatic heterocycles. The molecular weight excluding hydrogens is 364 g/mol. The van der Waals surface area contributed by atoms with Gasteiger partial charge in [0.15, 0.2) is 9.84 Å². The standard InChI is InChI=1S/C20H26N2O4S/c1-16-6-8-17(9-7-16)27(24,25)14-10-20(23)21-15-18(19-5-4-13-26-19)22-11-2-3-12-22/h4-9,13,18H,2-3,10-12,14-15H2,1H3,(H,21,23)/t18-/m1/s1. The highest BCUT2D eigenvalue weighted by atomic mass is 32.2. The van der Waals surface area contributed by atoms with E-state index in [2.05, 4.69) is 10.2 Å². The molecule has 1 aromatic carbocycles. The molecule has 1 atom stereocenters. The van der Waals surface area contributed by atoms with Gasteiger partial charge in [0, 0.05) is 13.0 Å². The second-order valence-electron chi connectivity index (χ2n) is 6.96. The smallest absolute Gasteiger partial charge is 0.221 e. The molecule has 1 amide bonds. The fourth-order valence-corrected chi connectivity index (χ4v) is 4.57. The summed E-state index contributed by atoms with van der Waals surface area (Å²) in [6, 6.07) is 10.4. The van der Waals surface area contributed by atoms with Crippen molar-refractivity contribution in [1.29, 1.82) is 0 Å². The average molecular weight is 391 g/mol. The quantitative estimate of drug-likeness (QED) is 0.750. The topological polar surface area (TPSA) is 79.6 Å². The largest absolute Gasteiger partial charge is 0.468 e. The molecular formula is C20H26N2O4S. The van der Waals surface area contributed by atoms with E-state index in [4.69, 9.17) is 4.42 Å². The molecule has 0 radical (unpaired) electrons. The van der Waals surface area contributed by atoms with E-state index in [0.29, 0.717) is 6.54 Å². The van der Waals surface area contributed by atoms with Gasteiger partial charge in [-0.3, -0.25) is 9.69 Å². The molecule has 0 unspecified atom stereocenters. The van der Waals surface area contributed by atoms with Gasteiger partial charge in [-0.25, -0.2) is 8.42 Å². The van der Waals surface area contributed by atoms with Crippen LogP contribution in [0.3, 0.4) is 0 Å². The van der Waals surface area contributed by atoms with Crippen molar-refractivity contribution < 1.29 is 17.6 Å². The van der Waals surface area contributed by atoms with E-state index in [1.807, 2.05) is 19.1 Å². The van der Waals surface area contributed by atoms with Crippen LogP contribution >= 0.6 is 0 Å². The van der Waals surface area contributed by atoms with E-state index < -0.39 is 9.84 Å². The fraction of sp³-hybridized carbons (Fsp3) is 0.450. The number of furan rings is 1. The van der Waals surface area contributed by atoms with Crippen molar-refractivity contribution >= 4 is 15.7 Å². The Labute approximate surface area is 160 Å². The number of rotatable bonds is 8. The van der Waals surface area contributed by atoms with E-state index in [-0.39, 0.29) is 29.0 Å². The van der Waals surface area contributed by atoms with Gasteiger partial charge in [0.25, 0.3) is 0 Å². The normalized spacial score (nSPS) is 16.3. The molecule has 146 valence electrons. The zero-order chi connectivity index (χ0) is 19.3. The summed E-state index contributed by atoms with van der Waals surface area (Å²) in [6.07, 6.45) is 3.86. The van der Waals surface area contributed by atoms with Gasteiger partial charge in [-0.05, 0) is 57.1 Å². The zero-order valence-electron chi connectivity index (χ0n) is 15.6. The Morgan fingerprint density at radius 1 is 1.19 bits per heavy atom. The van der Waals surface area contributed by atoms with Gasteiger partial charge >= 0.3 is 0 Å². The van der Waals surface area contributed by atoms with Crippen LogP contribution in [0.5, 0.6) is 0 Å². The Hall–Kier alpha value is -2.12. The number of benzene rings is 1. The predicted molar refractivity (Wildman–Crippen MR) is 103 cm³/mol. The molecule has 1 N–H and O–H groups in total. The second-order valence-corrected chi connectivity index (χ2v) is 9.07. The van der Waals surface area contributed by atoms with Crippen molar-refractivity contribution in [2.45, 2.75) is 37.1 Å². The monoisotopic (exact) mass is 390 g/mol. The minimum atomic E-state index is -3.46. The van der Waals surface area contributed by atoms with Gasteiger partial charge in [0.2, 0.25) is 5.91 Å². The maximum Gasteiger partial charge on any atom is 0.221 e. The number of aryl methyl sites for hydroxylation is 1. The average Bonchev–Trinajstić information content (AvgIpc) is 3.35. The van der Waals surface area contributed by atoms with Crippen LogP contribution in [0.1, 0.15) is 36.6 Å². The molecule has 0 spiro atoms. The molecule has 1 saturated heterocycles. The lowest BCUT2D eigenvalue weighted by molar-refractivity contribution is -0.121. The third kappa shape index (κ3) is 5.20. The second kappa shape index (κ2) is 8.71. The van der Waals surface area contributed by atoms with Gasteiger partial charge in [-0.1, -0.05) is 17.7 Å². The van der Waals surface area contributed by atoms with Crippen LogP contribution in [0.15, 0.2) is 52.0 Å². The number of nitrogens with one attached hydrogen (secondary N) is 1. The molecule has 1 aliphatic rings. The Morgan fingerprint density at radius 3 is 2.52 bits per heavy atom. The number of sulfone groups is 1. The van der Waals surface area contributed by atoms with Crippen molar-refractivity contribution in [3.05, 3.63) is 54.0 Å². The first kappa shape index (κ1) is 19.6. The van der Waals surface area contributed by atoms with Crippen LogP contribution in [-0.4, -0.2) is 44.6 Å². The maximum absolute atomic E-state index is 12.4. The molecule has 2 aromatic rings. The lowest BCUT2D eigenvalue weighted by Crippen LogP contribution is -2.37. The summed E-state index contributed by atoms with van der Waals surface area (Å²) >= 11 is 0. The Bertz CT molecular complexity index is 839. The summed E-state index contributed by atoms with van der Waals surface area (Å²) < 4.78 is 30.3. The molecule has 1 fully saturated rings. The van der Waals surface area contributed by atoms with Crippen molar-refractivity contribution in [3.8, 4) is 0 Å². The van der Waals surface area contributed by atoms with Crippen LogP contribution in [0.2, 0.25) is 0 Å². The van der Waals surface area contributed by atoms with E-state index in [9.17, 15) is 13.2 Å². The first-order valence-electron chi connectivity index (χ1n) is 9.29. The number of hydrogen-bond donors (Lipinski definition) is 1. The van der Waals surface area contributed by atoms with Crippen molar-refractivity contribution in [2.75, 3.05) is 25.4 Å². The number of carbonyl (C=O) groups is 1. The van der Waals surface area contributed by atoms with E-state index in [0.717, 1.165) is 37.3 Å². The summed E-state index contributed by atoms with van der Waals surface area (Å²) in [7, 11) is -3.46. The molecule has 2 heterocycles. The number of carbonyl (C=O) groups excluding carboxylic acids is 1. The fourth-order valence-electron chi connectivity index (χ4n) is 3.33. The van der Waals surface area contributed by atoms with Crippen LogP contribution in [0.4, 0.5) is 0 Å². The summed E-state index contributed by atoms with van der Waals surface area (Å²) in [4.78, 5) is 14.8.